The topological polar surface area (TPSA) is 65.2 Å². The fourth-order valence-electron chi connectivity index (χ4n) is 2.90. The van der Waals surface area contributed by atoms with Gasteiger partial charge in [0.15, 0.2) is 0 Å². The van der Waals surface area contributed by atoms with Crippen LogP contribution >= 0.6 is 11.3 Å². The standard InChI is InChI=1S/C21H23N3O2S/c1-2-24(16-8-4-3-5-9-16)14-7-13-22-20(25)17-11-12-18(23-21(17)26)19-10-6-15-27-19/h3-6,8-12,15H,2,7,13-14H2,1H3,(H,22,25)(H,23,26). The van der Waals surface area contributed by atoms with Gasteiger partial charge in [-0.15, -0.1) is 11.3 Å². The van der Waals surface area contributed by atoms with E-state index in [1.165, 1.54) is 5.69 Å². The number of rotatable bonds is 8. The number of anilines is 1. The van der Waals surface area contributed by atoms with Crippen LogP contribution < -0.4 is 15.8 Å². The van der Waals surface area contributed by atoms with Gasteiger partial charge in [-0.3, -0.25) is 9.59 Å². The fourth-order valence-corrected chi connectivity index (χ4v) is 3.61. The molecule has 0 aliphatic rings. The van der Waals surface area contributed by atoms with E-state index < -0.39 is 0 Å². The highest BCUT2D eigenvalue weighted by atomic mass is 32.1. The number of pyridine rings is 1. The first-order valence-corrected chi connectivity index (χ1v) is 9.92. The van der Waals surface area contributed by atoms with Crippen molar-refractivity contribution in [2.45, 2.75) is 13.3 Å². The van der Waals surface area contributed by atoms with Gasteiger partial charge in [0.1, 0.15) is 5.56 Å². The Morgan fingerprint density at radius 2 is 1.93 bits per heavy atom. The smallest absolute Gasteiger partial charge is 0.261 e. The number of aromatic amines is 1. The Hall–Kier alpha value is -2.86. The first-order chi connectivity index (χ1) is 13.2. The number of hydrogen-bond donors (Lipinski definition) is 2. The van der Waals surface area contributed by atoms with Crippen molar-refractivity contribution in [2.75, 3.05) is 24.5 Å². The summed E-state index contributed by atoms with van der Waals surface area (Å²) < 4.78 is 0. The van der Waals surface area contributed by atoms with Crippen LogP contribution in [-0.4, -0.2) is 30.5 Å². The van der Waals surface area contributed by atoms with Gasteiger partial charge in [0.05, 0.1) is 10.6 Å². The molecule has 0 aliphatic carbocycles. The van der Waals surface area contributed by atoms with Crippen molar-refractivity contribution < 1.29 is 4.79 Å². The maximum atomic E-state index is 12.3. The van der Waals surface area contributed by atoms with Gasteiger partial charge in [0.2, 0.25) is 0 Å². The zero-order chi connectivity index (χ0) is 19.1. The van der Waals surface area contributed by atoms with Crippen molar-refractivity contribution in [3.05, 3.63) is 75.9 Å². The second kappa shape index (κ2) is 9.19. The molecule has 1 aromatic carbocycles. The van der Waals surface area contributed by atoms with Crippen LogP contribution in [0.2, 0.25) is 0 Å². The number of H-pyrrole nitrogens is 1. The fraction of sp³-hybridized carbons (Fsp3) is 0.238. The van der Waals surface area contributed by atoms with Gasteiger partial charge in [0, 0.05) is 25.3 Å². The van der Waals surface area contributed by atoms with E-state index >= 15 is 0 Å². The first-order valence-electron chi connectivity index (χ1n) is 9.04. The molecule has 0 fully saturated rings. The number of amides is 1. The lowest BCUT2D eigenvalue weighted by Crippen LogP contribution is -2.32. The number of benzene rings is 1. The molecule has 0 saturated heterocycles. The molecule has 1 amide bonds. The summed E-state index contributed by atoms with van der Waals surface area (Å²) >= 11 is 1.54. The lowest BCUT2D eigenvalue weighted by molar-refractivity contribution is 0.0952. The van der Waals surface area contributed by atoms with Gasteiger partial charge in [-0.2, -0.15) is 0 Å². The van der Waals surface area contributed by atoms with E-state index in [1.54, 1.807) is 23.5 Å². The molecule has 3 rings (SSSR count). The van der Waals surface area contributed by atoms with Crippen LogP contribution in [0, 0.1) is 0 Å². The Morgan fingerprint density at radius 1 is 1.11 bits per heavy atom. The molecule has 0 aliphatic heterocycles. The number of carbonyl (C=O) groups is 1. The molecule has 3 aromatic rings. The summed E-state index contributed by atoms with van der Waals surface area (Å²) in [5.41, 5.74) is 1.68. The number of hydrogen-bond acceptors (Lipinski definition) is 4. The lowest BCUT2D eigenvalue weighted by Gasteiger charge is -2.23. The van der Waals surface area contributed by atoms with Crippen LogP contribution in [0.5, 0.6) is 0 Å². The van der Waals surface area contributed by atoms with Crippen molar-refractivity contribution >= 4 is 22.9 Å². The van der Waals surface area contributed by atoms with E-state index in [0.29, 0.717) is 6.54 Å². The Kier molecular flexibility index (Phi) is 6.44. The molecular weight excluding hydrogens is 358 g/mol. The van der Waals surface area contributed by atoms with Crippen LogP contribution in [0.15, 0.2) is 64.8 Å². The van der Waals surface area contributed by atoms with Crippen LogP contribution in [0.1, 0.15) is 23.7 Å². The van der Waals surface area contributed by atoms with Crippen molar-refractivity contribution in [1.29, 1.82) is 0 Å². The molecule has 140 valence electrons. The van der Waals surface area contributed by atoms with Crippen molar-refractivity contribution in [2.24, 2.45) is 0 Å². The van der Waals surface area contributed by atoms with Gasteiger partial charge < -0.3 is 15.2 Å². The molecule has 0 radical (unpaired) electrons. The SMILES string of the molecule is CCN(CCCNC(=O)c1ccc(-c2cccs2)[nH]c1=O)c1ccccc1. The highest BCUT2D eigenvalue weighted by molar-refractivity contribution is 7.13. The molecule has 27 heavy (non-hydrogen) atoms. The van der Waals surface area contributed by atoms with Crippen molar-refractivity contribution in [3.8, 4) is 10.6 Å². The minimum Gasteiger partial charge on any atom is -0.372 e. The molecule has 0 atom stereocenters. The molecule has 2 heterocycles. The van der Waals surface area contributed by atoms with Crippen LogP contribution in [0.25, 0.3) is 10.6 Å². The minimum atomic E-state index is -0.363. The molecule has 6 heteroatoms. The summed E-state index contributed by atoms with van der Waals surface area (Å²) in [5.74, 6) is -0.336. The molecule has 0 saturated carbocycles. The molecule has 2 N–H and O–H groups in total. The van der Waals surface area contributed by atoms with Gasteiger partial charge in [0.25, 0.3) is 11.5 Å². The minimum absolute atomic E-state index is 0.144. The highest BCUT2D eigenvalue weighted by Crippen LogP contribution is 2.21. The maximum absolute atomic E-state index is 12.3. The van der Waals surface area contributed by atoms with E-state index in [1.807, 2.05) is 35.7 Å². The maximum Gasteiger partial charge on any atom is 0.261 e. The summed E-state index contributed by atoms with van der Waals surface area (Å²) in [4.78, 5) is 30.5. The largest absolute Gasteiger partial charge is 0.372 e. The summed E-state index contributed by atoms with van der Waals surface area (Å²) in [6.07, 6.45) is 0.805. The molecular formula is C21H23N3O2S. The third-order valence-electron chi connectivity index (χ3n) is 4.33. The number of carbonyl (C=O) groups excluding carboxylic acids is 1. The zero-order valence-electron chi connectivity index (χ0n) is 15.3. The highest BCUT2D eigenvalue weighted by Gasteiger charge is 2.11. The average molecular weight is 382 g/mol. The summed E-state index contributed by atoms with van der Waals surface area (Å²) in [7, 11) is 0. The number of aromatic nitrogens is 1. The van der Waals surface area contributed by atoms with Crippen molar-refractivity contribution in [1.82, 2.24) is 10.3 Å². The van der Waals surface area contributed by atoms with E-state index in [4.69, 9.17) is 0 Å². The Labute approximate surface area is 162 Å². The van der Waals surface area contributed by atoms with Crippen molar-refractivity contribution in [3.63, 3.8) is 0 Å². The van der Waals surface area contributed by atoms with Gasteiger partial charge in [-0.1, -0.05) is 24.3 Å². The van der Waals surface area contributed by atoms with Crippen LogP contribution in [0.4, 0.5) is 5.69 Å². The number of thiophene rings is 1. The quantitative estimate of drug-likeness (QED) is 0.584. The molecule has 2 aromatic heterocycles. The second-order valence-electron chi connectivity index (χ2n) is 6.12. The Bertz CT molecular complexity index is 920. The number of nitrogens with one attached hydrogen (secondary N) is 2. The molecule has 5 nitrogen and oxygen atoms in total. The molecule has 0 spiro atoms. The average Bonchev–Trinajstić information content (AvgIpc) is 3.23. The predicted octanol–water partition coefficient (Wildman–Crippen LogP) is 3.75. The monoisotopic (exact) mass is 381 g/mol. The molecule has 0 unspecified atom stereocenters. The third kappa shape index (κ3) is 4.86. The van der Waals surface area contributed by atoms with Crippen LogP contribution in [0.3, 0.4) is 0 Å². The molecule has 0 bridgehead atoms. The van der Waals surface area contributed by atoms with E-state index in [9.17, 15) is 9.59 Å². The summed E-state index contributed by atoms with van der Waals surface area (Å²) in [6, 6.07) is 17.4. The Morgan fingerprint density at radius 3 is 2.59 bits per heavy atom. The van der Waals surface area contributed by atoms with E-state index in [-0.39, 0.29) is 17.0 Å². The van der Waals surface area contributed by atoms with E-state index in [0.717, 1.165) is 30.1 Å². The zero-order valence-corrected chi connectivity index (χ0v) is 16.1. The summed E-state index contributed by atoms with van der Waals surface area (Å²) in [5, 5.41) is 4.79. The first kappa shape index (κ1) is 18.9. The predicted molar refractivity (Wildman–Crippen MR) is 112 cm³/mol. The number of nitrogens with zero attached hydrogens (tertiary/aromatic N) is 1. The van der Waals surface area contributed by atoms with Gasteiger partial charge in [-0.25, -0.2) is 0 Å². The third-order valence-corrected chi connectivity index (χ3v) is 5.24. The van der Waals surface area contributed by atoms with Gasteiger partial charge in [-0.05, 0) is 49.1 Å². The number of para-hydroxylation sites is 1. The normalized spacial score (nSPS) is 10.6. The Balaban J connectivity index is 1.53. The van der Waals surface area contributed by atoms with Gasteiger partial charge >= 0.3 is 0 Å². The second-order valence-corrected chi connectivity index (χ2v) is 7.06. The lowest BCUT2D eigenvalue weighted by atomic mass is 10.2. The summed E-state index contributed by atoms with van der Waals surface area (Å²) in [6.45, 7) is 4.38. The van der Waals surface area contributed by atoms with E-state index in [2.05, 4.69) is 34.3 Å². The van der Waals surface area contributed by atoms with Crippen LogP contribution in [-0.2, 0) is 0 Å².